The predicted octanol–water partition coefficient (Wildman–Crippen LogP) is 2.53. The van der Waals surface area contributed by atoms with Crippen molar-refractivity contribution in [2.45, 2.75) is 18.8 Å². The van der Waals surface area contributed by atoms with Gasteiger partial charge >= 0.3 is 0 Å². The molecule has 1 aromatic heterocycles. The first kappa shape index (κ1) is 13.8. The molecule has 2 heterocycles. The number of carbonyl (C=O) groups excluding carboxylic acids is 2. The van der Waals surface area contributed by atoms with E-state index >= 15 is 0 Å². The Morgan fingerprint density at radius 1 is 1.29 bits per heavy atom. The van der Waals surface area contributed by atoms with E-state index in [1.54, 1.807) is 11.3 Å². The normalized spacial score (nSPS) is 17.0. The molecule has 0 saturated carbocycles. The van der Waals surface area contributed by atoms with Crippen LogP contribution in [0.3, 0.4) is 0 Å². The number of carbonyl (C=O) groups is 2. The van der Waals surface area contributed by atoms with Gasteiger partial charge in [0.05, 0.1) is 5.92 Å². The second kappa shape index (κ2) is 6.10. The van der Waals surface area contributed by atoms with Gasteiger partial charge in [-0.2, -0.15) is 0 Å². The van der Waals surface area contributed by atoms with Crippen LogP contribution in [0.25, 0.3) is 0 Å². The Morgan fingerprint density at radius 3 is 2.95 bits per heavy atom. The van der Waals surface area contributed by atoms with Crippen LogP contribution in [0.15, 0.2) is 41.8 Å². The summed E-state index contributed by atoms with van der Waals surface area (Å²) in [5.74, 6) is -0.570. The van der Waals surface area contributed by atoms with Crippen LogP contribution in [0.5, 0.6) is 0 Å². The monoisotopic (exact) mass is 300 g/mol. The van der Waals surface area contributed by atoms with Crippen molar-refractivity contribution in [3.8, 4) is 0 Å². The van der Waals surface area contributed by atoms with Crippen LogP contribution in [0, 0.1) is 0 Å². The summed E-state index contributed by atoms with van der Waals surface area (Å²) in [6, 6.07) is 11.5. The maximum absolute atomic E-state index is 12.3. The minimum Gasteiger partial charge on any atom is -0.355 e. The van der Waals surface area contributed by atoms with Gasteiger partial charge in [-0.3, -0.25) is 9.59 Å². The summed E-state index contributed by atoms with van der Waals surface area (Å²) in [5, 5.41) is 7.77. The van der Waals surface area contributed by atoms with E-state index in [0.29, 0.717) is 6.54 Å². The topological polar surface area (TPSA) is 58.2 Å². The van der Waals surface area contributed by atoms with E-state index in [0.717, 1.165) is 17.7 Å². The molecule has 0 aliphatic carbocycles. The Morgan fingerprint density at radius 2 is 2.14 bits per heavy atom. The van der Waals surface area contributed by atoms with E-state index in [-0.39, 0.29) is 18.2 Å². The molecule has 0 bridgehead atoms. The molecule has 1 aliphatic rings. The molecule has 2 amide bonds. The van der Waals surface area contributed by atoms with E-state index in [4.69, 9.17) is 0 Å². The lowest BCUT2D eigenvalue weighted by atomic mass is 9.90. The van der Waals surface area contributed by atoms with Crippen molar-refractivity contribution < 1.29 is 9.59 Å². The summed E-state index contributed by atoms with van der Waals surface area (Å²) < 4.78 is 0. The third kappa shape index (κ3) is 3.13. The van der Waals surface area contributed by atoms with Crippen LogP contribution in [0.4, 0.5) is 5.69 Å². The summed E-state index contributed by atoms with van der Waals surface area (Å²) >= 11 is 1.68. The summed E-state index contributed by atoms with van der Waals surface area (Å²) in [4.78, 5) is 25.3. The molecular weight excluding hydrogens is 284 g/mol. The summed E-state index contributed by atoms with van der Waals surface area (Å²) in [5.41, 5.74) is 1.64. The first-order valence-electron chi connectivity index (χ1n) is 6.93. The Hall–Kier alpha value is -2.14. The average Bonchev–Trinajstić information content (AvgIpc) is 2.99. The first-order chi connectivity index (χ1) is 10.2. The van der Waals surface area contributed by atoms with Crippen LogP contribution in [-0.2, 0) is 16.0 Å². The molecule has 3 rings (SSSR count). The van der Waals surface area contributed by atoms with Crippen LogP contribution in [0.1, 0.15) is 22.8 Å². The molecule has 0 radical (unpaired) electrons. The zero-order chi connectivity index (χ0) is 14.7. The van der Waals surface area contributed by atoms with Gasteiger partial charge in [-0.05, 0) is 29.5 Å². The zero-order valence-corrected chi connectivity index (χ0v) is 12.3. The molecule has 0 fully saturated rings. The number of fused-ring (bicyclic) bond motifs is 1. The number of anilines is 1. The van der Waals surface area contributed by atoms with E-state index in [9.17, 15) is 9.59 Å². The van der Waals surface area contributed by atoms with Gasteiger partial charge in [0.15, 0.2) is 0 Å². The third-order valence-electron chi connectivity index (χ3n) is 3.57. The van der Waals surface area contributed by atoms with Gasteiger partial charge in [0, 0.05) is 23.5 Å². The van der Waals surface area contributed by atoms with E-state index < -0.39 is 5.92 Å². The number of nitrogens with one attached hydrogen (secondary N) is 2. The number of thiophene rings is 1. The van der Waals surface area contributed by atoms with Crippen molar-refractivity contribution >= 4 is 28.8 Å². The molecule has 5 heteroatoms. The molecule has 1 aromatic carbocycles. The standard InChI is InChI=1S/C16H16N2O2S/c19-15-10-13(12-5-1-2-6-14(12)18-15)16(20)17-8-7-11-4-3-9-21-11/h1-6,9,13H,7-8,10H2,(H,17,20)(H,18,19)/t13-/m1/s1. The van der Waals surface area contributed by atoms with E-state index in [2.05, 4.69) is 16.7 Å². The Kier molecular flexibility index (Phi) is 4.01. The van der Waals surface area contributed by atoms with Crippen molar-refractivity contribution in [3.63, 3.8) is 0 Å². The fraction of sp³-hybridized carbons (Fsp3) is 0.250. The largest absolute Gasteiger partial charge is 0.355 e. The van der Waals surface area contributed by atoms with Gasteiger partial charge in [0.1, 0.15) is 0 Å². The van der Waals surface area contributed by atoms with Crippen LogP contribution < -0.4 is 10.6 Å². The summed E-state index contributed by atoms with van der Waals surface area (Å²) in [6.07, 6.45) is 1.03. The highest BCUT2D eigenvalue weighted by Crippen LogP contribution is 2.31. The molecule has 108 valence electrons. The second-order valence-corrected chi connectivity index (χ2v) is 6.04. The van der Waals surface area contributed by atoms with Gasteiger partial charge in [-0.25, -0.2) is 0 Å². The predicted molar refractivity (Wildman–Crippen MR) is 83.5 cm³/mol. The fourth-order valence-corrected chi connectivity index (χ4v) is 3.24. The molecular formula is C16H16N2O2S. The average molecular weight is 300 g/mol. The maximum Gasteiger partial charge on any atom is 0.228 e. The molecule has 0 unspecified atom stereocenters. The van der Waals surface area contributed by atoms with Gasteiger partial charge < -0.3 is 10.6 Å². The van der Waals surface area contributed by atoms with Crippen LogP contribution in [0.2, 0.25) is 0 Å². The fourth-order valence-electron chi connectivity index (χ4n) is 2.53. The zero-order valence-electron chi connectivity index (χ0n) is 11.5. The Balaban J connectivity index is 1.65. The highest BCUT2D eigenvalue weighted by atomic mass is 32.1. The van der Waals surface area contributed by atoms with Crippen molar-refractivity contribution in [3.05, 3.63) is 52.2 Å². The highest BCUT2D eigenvalue weighted by molar-refractivity contribution is 7.09. The van der Waals surface area contributed by atoms with Crippen molar-refractivity contribution in [2.75, 3.05) is 11.9 Å². The van der Waals surface area contributed by atoms with E-state index in [1.807, 2.05) is 35.7 Å². The smallest absolute Gasteiger partial charge is 0.228 e. The summed E-state index contributed by atoms with van der Waals surface area (Å²) in [6.45, 7) is 0.597. The first-order valence-corrected chi connectivity index (χ1v) is 7.81. The molecule has 1 atom stereocenters. The highest BCUT2D eigenvalue weighted by Gasteiger charge is 2.29. The van der Waals surface area contributed by atoms with Crippen molar-refractivity contribution in [1.82, 2.24) is 5.32 Å². The molecule has 0 spiro atoms. The summed E-state index contributed by atoms with van der Waals surface area (Å²) in [7, 11) is 0. The Bertz CT molecular complexity index is 652. The van der Waals surface area contributed by atoms with Gasteiger partial charge in [-0.1, -0.05) is 24.3 Å². The number of para-hydroxylation sites is 1. The molecule has 21 heavy (non-hydrogen) atoms. The molecule has 0 saturated heterocycles. The lowest BCUT2D eigenvalue weighted by molar-refractivity contribution is -0.126. The number of amides is 2. The van der Waals surface area contributed by atoms with Crippen molar-refractivity contribution in [1.29, 1.82) is 0 Å². The van der Waals surface area contributed by atoms with E-state index in [1.165, 1.54) is 4.88 Å². The number of rotatable bonds is 4. The number of hydrogen-bond donors (Lipinski definition) is 2. The van der Waals surface area contributed by atoms with Crippen molar-refractivity contribution in [2.24, 2.45) is 0 Å². The second-order valence-electron chi connectivity index (χ2n) is 5.01. The number of benzene rings is 1. The SMILES string of the molecule is O=C1C[C@@H](C(=O)NCCc2cccs2)c2ccccc2N1. The quantitative estimate of drug-likeness (QED) is 0.911. The minimum atomic E-state index is -0.390. The number of hydrogen-bond acceptors (Lipinski definition) is 3. The van der Waals surface area contributed by atoms with Gasteiger partial charge in [-0.15, -0.1) is 11.3 Å². The molecule has 4 nitrogen and oxygen atoms in total. The van der Waals surface area contributed by atoms with Crippen LogP contribution in [-0.4, -0.2) is 18.4 Å². The van der Waals surface area contributed by atoms with Crippen LogP contribution >= 0.6 is 11.3 Å². The van der Waals surface area contributed by atoms with Gasteiger partial charge in [0.2, 0.25) is 11.8 Å². The molecule has 1 aliphatic heterocycles. The lowest BCUT2D eigenvalue weighted by Gasteiger charge is -2.24. The molecule has 2 N–H and O–H groups in total. The Labute approximate surface area is 127 Å². The molecule has 2 aromatic rings. The third-order valence-corrected chi connectivity index (χ3v) is 4.50. The lowest BCUT2D eigenvalue weighted by Crippen LogP contribution is -2.35. The van der Waals surface area contributed by atoms with Gasteiger partial charge in [0.25, 0.3) is 0 Å². The maximum atomic E-state index is 12.3. The minimum absolute atomic E-state index is 0.0751.